The predicted octanol–water partition coefficient (Wildman–Crippen LogP) is 3.35. The zero-order valence-electron chi connectivity index (χ0n) is 16.2. The molecule has 2 atom stereocenters. The third kappa shape index (κ3) is 4.80. The first kappa shape index (κ1) is 23.3. The maximum atomic E-state index is 13.2. The summed E-state index contributed by atoms with van der Waals surface area (Å²) < 4.78 is 112. The highest BCUT2D eigenvalue weighted by Crippen LogP contribution is 2.36. The molecule has 1 aliphatic heterocycles. The van der Waals surface area contributed by atoms with E-state index in [1.54, 1.807) is 4.72 Å². The molecule has 172 valence electrons. The van der Waals surface area contributed by atoms with E-state index in [1.807, 2.05) is 0 Å². The molecule has 0 saturated heterocycles. The molecule has 31 heavy (non-hydrogen) atoms. The molecule has 2 N–H and O–H groups in total. The Bertz CT molecular complexity index is 1060. The first-order valence-corrected chi connectivity index (χ1v) is 10.3. The number of methoxy groups -OCH3 is 1. The molecule has 0 aliphatic carbocycles. The van der Waals surface area contributed by atoms with Crippen LogP contribution in [0.4, 0.5) is 32.0 Å². The van der Waals surface area contributed by atoms with Crippen molar-refractivity contribution in [1.82, 2.24) is 14.3 Å². The number of hydrogen-bond donors (Lipinski definition) is 2. The molecule has 0 spiro atoms. The van der Waals surface area contributed by atoms with Gasteiger partial charge in [0.25, 0.3) is 0 Å². The van der Waals surface area contributed by atoms with Crippen LogP contribution < -0.4 is 10.0 Å². The summed E-state index contributed by atoms with van der Waals surface area (Å²) in [5.41, 5.74) is -0.910. The zero-order valence-corrected chi connectivity index (χ0v) is 17.0. The quantitative estimate of drug-likeness (QED) is 0.527. The molecule has 0 radical (unpaired) electrons. The number of pyridine rings is 1. The fraction of sp³-hybridized carbons (Fsp3) is 0.471. The van der Waals surface area contributed by atoms with Crippen LogP contribution in [0.15, 0.2) is 29.4 Å². The molecule has 1 aliphatic rings. The van der Waals surface area contributed by atoms with Crippen molar-refractivity contribution in [2.75, 3.05) is 12.4 Å². The molecule has 3 heterocycles. The van der Waals surface area contributed by atoms with Crippen LogP contribution >= 0.6 is 0 Å². The molecule has 2 aromatic rings. The lowest BCUT2D eigenvalue weighted by Gasteiger charge is -2.22. The number of fused-ring (bicyclic) bond motifs is 1. The van der Waals surface area contributed by atoms with Gasteiger partial charge in [0.1, 0.15) is 16.6 Å². The Morgan fingerprint density at radius 2 is 1.97 bits per heavy atom. The van der Waals surface area contributed by atoms with E-state index in [0.717, 1.165) is 18.5 Å². The van der Waals surface area contributed by atoms with Gasteiger partial charge < -0.3 is 14.6 Å². The van der Waals surface area contributed by atoms with Crippen molar-refractivity contribution >= 4 is 15.7 Å². The Morgan fingerprint density at radius 1 is 1.29 bits per heavy atom. The normalized spacial score (nSPS) is 20.1. The van der Waals surface area contributed by atoms with Gasteiger partial charge in [-0.05, 0) is 30.5 Å². The van der Waals surface area contributed by atoms with Crippen molar-refractivity contribution in [2.45, 2.75) is 42.4 Å². The van der Waals surface area contributed by atoms with Crippen molar-refractivity contribution < 1.29 is 39.5 Å². The van der Waals surface area contributed by atoms with Crippen LogP contribution in [0.2, 0.25) is 0 Å². The summed E-state index contributed by atoms with van der Waals surface area (Å²) in [5.74, 6) is 0. The zero-order chi connectivity index (χ0) is 23.2. The molecular weight excluding hydrogens is 454 g/mol. The highest BCUT2D eigenvalue weighted by molar-refractivity contribution is 7.89. The van der Waals surface area contributed by atoms with Gasteiger partial charge in [-0.1, -0.05) is 0 Å². The molecular formula is C17H18F6N4O3S. The maximum Gasteiger partial charge on any atom is 0.433 e. The maximum absolute atomic E-state index is 13.2. The molecule has 14 heteroatoms. The van der Waals surface area contributed by atoms with Crippen LogP contribution in [0.3, 0.4) is 0 Å². The Morgan fingerprint density at radius 3 is 2.55 bits per heavy atom. The predicted molar refractivity (Wildman–Crippen MR) is 96.5 cm³/mol. The minimum Gasteiger partial charge on any atom is -0.356 e. The van der Waals surface area contributed by atoms with Crippen LogP contribution in [-0.2, 0) is 34.4 Å². The lowest BCUT2D eigenvalue weighted by Crippen LogP contribution is -2.44. The molecule has 3 rings (SSSR count). The highest BCUT2D eigenvalue weighted by atomic mass is 32.2. The molecule has 7 nitrogen and oxygen atoms in total. The van der Waals surface area contributed by atoms with Gasteiger partial charge in [0.15, 0.2) is 6.23 Å². The number of ether oxygens (including phenoxy) is 1. The van der Waals surface area contributed by atoms with Crippen LogP contribution in [0.25, 0.3) is 0 Å². The number of anilines is 1. The second-order valence-corrected chi connectivity index (χ2v) is 8.59. The van der Waals surface area contributed by atoms with Gasteiger partial charge in [0.2, 0.25) is 10.0 Å². The summed E-state index contributed by atoms with van der Waals surface area (Å²) in [6, 6.07) is -0.265. The van der Waals surface area contributed by atoms with Crippen LogP contribution in [0.5, 0.6) is 0 Å². The summed E-state index contributed by atoms with van der Waals surface area (Å²) in [7, 11) is -1.80. The minimum atomic E-state index is -4.77. The second kappa shape index (κ2) is 7.98. The number of nitrogens with zero attached hydrogens (tertiary/aromatic N) is 2. The van der Waals surface area contributed by atoms with Crippen molar-refractivity contribution in [3.63, 3.8) is 0 Å². The minimum absolute atomic E-state index is 0.0214. The standard InChI is InChI=1S/C17H18F6N4O3S/c1-27-8-11-10(3-4-12(16(18,19)20)26-31(11,28)29)14(27)15(30-2)25-9-5-6-24-13(7-9)17(21,22)23/h5-8,12,15,26H,3-4H2,1-2H3,(H,24,25). The van der Waals surface area contributed by atoms with Crippen LogP contribution in [0.1, 0.15) is 29.6 Å². The first-order chi connectivity index (χ1) is 14.2. The number of aryl methyl sites for hydroxylation is 1. The van der Waals surface area contributed by atoms with Crippen molar-refractivity contribution in [3.8, 4) is 0 Å². The van der Waals surface area contributed by atoms with E-state index in [-0.39, 0.29) is 28.3 Å². The summed E-state index contributed by atoms with van der Waals surface area (Å²) >= 11 is 0. The van der Waals surface area contributed by atoms with E-state index < -0.39 is 46.8 Å². The Kier molecular flexibility index (Phi) is 6.01. The first-order valence-electron chi connectivity index (χ1n) is 8.83. The molecule has 0 saturated carbocycles. The van der Waals surface area contributed by atoms with Crippen molar-refractivity contribution in [3.05, 3.63) is 41.5 Å². The molecule has 0 fully saturated rings. The number of hydrogen-bond acceptors (Lipinski definition) is 5. The molecule has 0 aromatic carbocycles. The van der Waals surface area contributed by atoms with Gasteiger partial charge in [-0.3, -0.25) is 4.98 Å². The van der Waals surface area contributed by atoms with Gasteiger partial charge in [-0.25, -0.2) is 8.42 Å². The SMILES string of the molecule is COC(Nc1ccnc(C(F)(F)F)c1)c1c2c(cn1C)S(=O)(=O)NC(C(F)(F)F)CC2. The third-order valence-corrected chi connectivity index (χ3v) is 6.32. The Balaban J connectivity index is 2.00. The highest BCUT2D eigenvalue weighted by Gasteiger charge is 2.45. The number of nitrogens with one attached hydrogen (secondary N) is 2. The molecule has 0 bridgehead atoms. The third-order valence-electron chi connectivity index (χ3n) is 4.79. The topological polar surface area (TPSA) is 85.2 Å². The van der Waals surface area contributed by atoms with E-state index in [9.17, 15) is 34.8 Å². The van der Waals surface area contributed by atoms with Gasteiger partial charge in [0.05, 0.1) is 5.69 Å². The average Bonchev–Trinajstić information content (AvgIpc) is 2.92. The van der Waals surface area contributed by atoms with Gasteiger partial charge in [-0.15, -0.1) is 0 Å². The smallest absolute Gasteiger partial charge is 0.356 e. The summed E-state index contributed by atoms with van der Waals surface area (Å²) in [5, 5.41) is 2.70. The summed E-state index contributed by atoms with van der Waals surface area (Å²) in [6.45, 7) is 0. The van der Waals surface area contributed by atoms with E-state index in [1.165, 1.54) is 24.8 Å². The molecule has 2 unspecified atom stereocenters. The molecule has 0 amide bonds. The van der Waals surface area contributed by atoms with Crippen molar-refractivity contribution in [2.24, 2.45) is 7.05 Å². The number of sulfonamides is 1. The number of halogens is 6. The summed E-state index contributed by atoms with van der Waals surface area (Å²) in [4.78, 5) is 2.91. The van der Waals surface area contributed by atoms with Gasteiger partial charge in [0, 0.05) is 32.2 Å². The fourth-order valence-corrected chi connectivity index (χ4v) is 4.96. The largest absolute Gasteiger partial charge is 0.433 e. The lowest BCUT2D eigenvalue weighted by molar-refractivity contribution is -0.152. The van der Waals surface area contributed by atoms with E-state index in [2.05, 4.69) is 10.3 Å². The van der Waals surface area contributed by atoms with Gasteiger partial charge >= 0.3 is 12.4 Å². The summed E-state index contributed by atoms with van der Waals surface area (Å²) in [6.07, 6.45) is -9.31. The molecule has 2 aromatic heterocycles. The van der Waals surface area contributed by atoms with E-state index in [0.29, 0.717) is 0 Å². The Labute approximate surface area is 173 Å². The lowest BCUT2D eigenvalue weighted by atomic mass is 10.0. The van der Waals surface area contributed by atoms with E-state index >= 15 is 0 Å². The second-order valence-electron chi connectivity index (χ2n) is 6.91. The Hall–Kier alpha value is -2.32. The van der Waals surface area contributed by atoms with Gasteiger partial charge in [-0.2, -0.15) is 31.1 Å². The fourth-order valence-electron chi connectivity index (χ4n) is 3.38. The number of aromatic nitrogens is 2. The number of alkyl halides is 6. The number of rotatable bonds is 4. The van der Waals surface area contributed by atoms with E-state index in [4.69, 9.17) is 4.74 Å². The van der Waals surface area contributed by atoms with Crippen molar-refractivity contribution in [1.29, 1.82) is 0 Å². The van der Waals surface area contributed by atoms with Crippen LogP contribution in [0, 0.1) is 0 Å². The van der Waals surface area contributed by atoms with Crippen LogP contribution in [-0.4, -0.2) is 37.3 Å². The monoisotopic (exact) mass is 472 g/mol. The average molecular weight is 472 g/mol.